The molecule has 5 aromatic rings. The Morgan fingerprint density at radius 1 is 0.800 bits per heavy atom. The fourth-order valence-electron chi connectivity index (χ4n) is 3.04. The highest BCUT2D eigenvalue weighted by Gasteiger charge is 2.10. The topological polar surface area (TPSA) is 33.1 Å². The summed E-state index contributed by atoms with van der Waals surface area (Å²) in [5.74, 6) is 0. The molecule has 3 nitrogen and oxygen atoms in total. The van der Waals surface area contributed by atoms with Crippen molar-refractivity contribution >= 4 is 38.6 Å². The molecule has 2 aromatic carbocycles. The van der Waals surface area contributed by atoms with Gasteiger partial charge in [0.15, 0.2) is 0 Å². The van der Waals surface area contributed by atoms with Crippen LogP contribution in [0.15, 0.2) is 60.7 Å². The summed E-state index contributed by atoms with van der Waals surface area (Å²) in [4.78, 5) is 8.20. The molecule has 20 heavy (non-hydrogen) atoms. The molecule has 3 heteroatoms. The lowest BCUT2D eigenvalue weighted by Gasteiger charge is -1.98. The minimum absolute atomic E-state index is 0.977. The van der Waals surface area contributed by atoms with E-state index in [2.05, 4.69) is 69.0 Å². The molecule has 0 spiro atoms. The number of fused-ring (bicyclic) bond motifs is 7. The van der Waals surface area contributed by atoms with Gasteiger partial charge in [-0.05, 0) is 30.3 Å². The van der Waals surface area contributed by atoms with Gasteiger partial charge >= 0.3 is 0 Å². The van der Waals surface area contributed by atoms with Crippen LogP contribution in [-0.4, -0.2) is 14.4 Å². The zero-order chi connectivity index (χ0) is 13.1. The fourth-order valence-corrected chi connectivity index (χ4v) is 3.04. The van der Waals surface area contributed by atoms with E-state index in [1.807, 2.05) is 6.07 Å². The van der Waals surface area contributed by atoms with Crippen LogP contribution < -0.4 is 0 Å². The second-order valence-corrected chi connectivity index (χ2v) is 5.06. The second kappa shape index (κ2) is 3.39. The summed E-state index contributed by atoms with van der Waals surface area (Å²) in [5, 5.41) is 2.48. The minimum Gasteiger partial charge on any atom is -0.340 e. The average Bonchev–Trinajstić information content (AvgIpc) is 3.04. The molecular formula is C17H11N3. The lowest BCUT2D eigenvalue weighted by Crippen LogP contribution is -1.86. The number of para-hydroxylation sites is 3. The van der Waals surface area contributed by atoms with Crippen LogP contribution in [0.2, 0.25) is 0 Å². The molecule has 1 N–H and O–H groups in total. The summed E-state index contributed by atoms with van der Waals surface area (Å²) in [6.45, 7) is 0. The first-order chi connectivity index (χ1) is 9.92. The van der Waals surface area contributed by atoms with E-state index in [0.29, 0.717) is 0 Å². The van der Waals surface area contributed by atoms with Crippen molar-refractivity contribution in [1.82, 2.24) is 14.4 Å². The van der Waals surface area contributed by atoms with Gasteiger partial charge in [0.25, 0.3) is 0 Å². The summed E-state index contributed by atoms with van der Waals surface area (Å²) in [6.07, 6.45) is 0. The standard InChI is InChI=1S/C17H11N3/c1-2-6-13-11(5-1)12-9-10-16-18-14-7-3-4-8-15(14)20(16)17(12)19-13/h1-10,19H. The first kappa shape index (κ1) is 10.0. The maximum absolute atomic E-state index is 4.68. The van der Waals surface area contributed by atoms with Crippen molar-refractivity contribution < 1.29 is 0 Å². The first-order valence-corrected chi connectivity index (χ1v) is 6.68. The van der Waals surface area contributed by atoms with E-state index in [0.717, 1.165) is 27.8 Å². The van der Waals surface area contributed by atoms with Crippen LogP contribution in [0.3, 0.4) is 0 Å². The molecule has 0 bridgehead atoms. The molecule has 0 amide bonds. The molecule has 0 fully saturated rings. The average molecular weight is 257 g/mol. The van der Waals surface area contributed by atoms with E-state index >= 15 is 0 Å². The Bertz CT molecular complexity index is 1100. The van der Waals surface area contributed by atoms with Gasteiger partial charge in [0.2, 0.25) is 0 Å². The largest absolute Gasteiger partial charge is 0.340 e. The molecule has 0 aliphatic heterocycles. The molecule has 0 aliphatic carbocycles. The van der Waals surface area contributed by atoms with Crippen molar-refractivity contribution in [3.05, 3.63) is 60.7 Å². The smallest absolute Gasteiger partial charge is 0.139 e. The molecule has 3 heterocycles. The van der Waals surface area contributed by atoms with Gasteiger partial charge in [-0.3, -0.25) is 4.40 Å². The molecule has 0 saturated carbocycles. The number of aromatic nitrogens is 3. The molecule has 94 valence electrons. The normalized spacial score (nSPS) is 12.0. The third-order valence-electron chi connectivity index (χ3n) is 3.93. The maximum atomic E-state index is 4.68. The predicted molar refractivity (Wildman–Crippen MR) is 82.1 cm³/mol. The van der Waals surface area contributed by atoms with Gasteiger partial charge in [-0.15, -0.1) is 0 Å². The highest BCUT2D eigenvalue weighted by atomic mass is 15.1. The monoisotopic (exact) mass is 257 g/mol. The molecule has 0 unspecified atom stereocenters. The summed E-state index contributed by atoms with van der Waals surface area (Å²) >= 11 is 0. The Kier molecular flexibility index (Phi) is 1.70. The number of nitrogens with one attached hydrogen (secondary N) is 1. The zero-order valence-corrected chi connectivity index (χ0v) is 10.7. The number of pyridine rings is 1. The first-order valence-electron chi connectivity index (χ1n) is 6.68. The lowest BCUT2D eigenvalue weighted by molar-refractivity contribution is 1.26. The van der Waals surface area contributed by atoms with Crippen molar-refractivity contribution in [1.29, 1.82) is 0 Å². The van der Waals surface area contributed by atoms with E-state index < -0.39 is 0 Å². The molecule has 5 rings (SSSR count). The number of H-pyrrole nitrogens is 1. The summed E-state index contributed by atoms with van der Waals surface area (Å²) in [7, 11) is 0. The van der Waals surface area contributed by atoms with Gasteiger partial charge in [-0.1, -0.05) is 30.3 Å². The van der Waals surface area contributed by atoms with Crippen molar-refractivity contribution in [2.45, 2.75) is 0 Å². The van der Waals surface area contributed by atoms with Crippen LogP contribution in [0.5, 0.6) is 0 Å². The Labute approximate surface area is 114 Å². The van der Waals surface area contributed by atoms with E-state index in [1.54, 1.807) is 0 Å². The van der Waals surface area contributed by atoms with Gasteiger partial charge in [-0.25, -0.2) is 4.98 Å². The second-order valence-electron chi connectivity index (χ2n) is 5.06. The van der Waals surface area contributed by atoms with Gasteiger partial charge in [0.1, 0.15) is 11.3 Å². The zero-order valence-electron chi connectivity index (χ0n) is 10.7. The summed E-state index contributed by atoms with van der Waals surface area (Å²) < 4.78 is 2.20. The molecule has 0 radical (unpaired) electrons. The van der Waals surface area contributed by atoms with Gasteiger partial charge < -0.3 is 4.98 Å². The maximum Gasteiger partial charge on any atom is 0.139 e. The van der Waals surface area contributed by atoms with E-state index in [1.165, 1.54) is 10.8 Å². The Balaban J connectivity index is 2.14. The summed E-state index contributed by atoms with van der Waals surface area (Å²) in [5.41, 5.74) is 5.41. The highest BCUT2D eigenvalue weighted by molar-refractivity contribution is 6.07. The quantitative estimate of drug-likeness (QED) is 0.444. The van der Waals surface area contributed by atoms with Crippen molar-refractivity contribution in [3.8, 4) is 0 Å². The van der Waals surface area contributed by atoms with Crippen molar-refractivity contribution in [2.75, 3.05) is 0 Å². The number of rotatable bonds is 0. The summed E-state index contributed by atoms with van der Waals surface area (Å²) in [6, 6.07) is 20.9. The molecular weight excluding hydrogens is 246 g/mol. The van der Waals surface area contributed by atoms with Crippen LogP contribution >= 0.6 is 0 Å². The lowest BCUT2D eigenvalue weighted by atomic mass is 10.2. The number of imidazole rings is 1. The SMILES string of the molecule is c1ccc2c(c1)nc1ccc3c4ccccc4[nH]c3n12. The molecule has 0 aliphatic rings. The molecule has 3 aromatic heterocycles. The Morgan fingerprint density at radius 3 is 2.65 bits per heavy atom. The van der Waals surface area contributed by atoms with Gasteiger partial charge in [-0.2, -0.15) is 0 Å². The van der Waals surface area contributed by atoms with Crippen molar-refractivity contribution in [3.63, 3.8) is 0 Å². The van der Waals surface area contributed by atoms with Crippen LogP contribution in [-0.2, 0) is 0 Å². The molecule has 0 atom stereocenters. The predicted octanol–water partition coefficient (Wildman–Crippen LogP) is 4.12. The van der Waals surface area contributed by atoms with E-state index in [-0.39, 0.29) is 0 Å². The van der Waals surface area contributed by atoms with E-state index in [4.69, 9.17) is 0 Å². The highest BCUT2D eigenvalue weighted by Crippen LogP contribution is 2.28. The number of nitrogens with zero attached hydrogens (tertiary/aromatic N) is 2. The fraction of sp³-hybridized carbons (Fsp3) is 0. The van der Waals surface area contributed by atoms with E-state index in [9.17, 15) is 0 Å². The van der Waals surface area contributed by atoms with Gasteiger partial charge in [0.05, 0.1) is 11.0 Å². The van der Waals surface area contributed by atoms with Gasteiger partial charge in [0, 0.05) is 16.3 Å². The van der Waals surface area contributed by atoms with Crippen LogP contribution in [0.25, 0.3) is 38.6 Å². The Morgan fingerprint density at radius 2 is 1.65 bits per heavy atom. The number of benzene rings is 2. The number of hydrogen-bond donors (Lipinski definition) is 1. The minimum atomic E-state index is 0.977. The third-order valence-corrected chi connectivity index (χ3v) is 3.93. The number of hydrogen-bond acceptors (Lipinski definition) is 1. The number of aromatic amines is 1. The van der Waals surface area contributed by atoms with Crippen LogP contribution in [0.4, 0.5) is 0 Å². The third kappa shape index (κ3) is 1.12. The Hall–Kier alpha value is -2.81. The molecule has 0 saturated heterocycles. The van der Waals surface area contributed by atoms with Crippen molar-refractivity contribution in [2.24, 2.45) is 0 Å². The van der Waals surface area contributed by atoms with Crippen LogP contribution in [0, 0.1) is 0 Å². The van der Waals surface area contributed by atoms with Crippen LogP contribution in [0.1, 0.15) is 0 Å².